The lowest BCUT2D eigenvalue weighted by atomic mass is 10.1. The van der Waals surface area contributed by atoms with Gasteiger partial charge in [-0.2, -0.15) is 0 Å². The van der Waals surface area contributed by atoms with Crippen LogP contribution in [0.3, 0.4) is 0 Å². The van der Waals surface area contributed by atoms with Crippen LogP contribution in [0.5, 0.6) is 0 Å². The first-order valence-electron chi connectivity index (χ1n) is 3.77. The van der Waals surface area contributed by atoms with E-state index in [0.29, 0.717) is 5.92 Å². The molecule has 3 heteroatoms. The van der Waals surface area contributed by atoms with Gasteiger partial charge in [0.2, 0.25) is 0 Å². The fraction of sp³-hybridized carbons (Fsp3) is 0.500. The molecule has 0 aliphatic heterocycles. The molecule has 1 aliphatic rings. The summed E-state index contributed by atoms with van der Waals surface area (Å²) in [5, 5.41) is 9.46. The zero-order valence-corrected chi connectivity index (χ0v) is 6.36. The van der Waals surface area contributed by atoms with Gasteiger partial charge in [-0.1, -0.05) is 6.92 Å². The molecule has 58 valence electrons. The first kappa shape index (κ1) is 6.73. The zero-order chi connectivity index (χ0) is 7.84. The number of rotatable bonds is 0. The van der Waals surface area contributed by atoms with E-state index >= 15 is 0 Å². The molecular formula is C8H10N2O. The molecule has 1 aromatic heterocycles. The van der Waals surface area contributed by atoms with Crippen LogP contribution in [-0.2, 0) is 0 Å². The Hall–Kier alpha value is -0.960. The fourth-order valence-electron chi connectivity index (χ4n) is 1.58. The summed E-state index contributed by atoms with van der Waals surface area (Å²) in [6.07, 6.45) is 3.69. The highest BCUT2D eigenvalue weighted by molar-refractivity contribution is 5.27. The Bertz CT molecular complexity index is 248. The molecular weight excluding hydrogens is 140 g/mol. The quantitative estimate of drug-likeness (QED) is 0.600. The molecule has 1 aliphatic carbocycles. The molecule has 0 aromatic carbocycles. The third kappa shape index (κ3) is 0.922. The van der Waals surface area contributed by atoms with Crippen LogP contribution in [-0.4, -0.2) is 15.1 Å². The average Bonchev–Trinajstić information content (AvgIpc) is 2.30. The molecule has 1 unspecified atom stereocenters. The highest BCUT2D eigenvalue weighted by atomic mass is 16.3. The van der Waals surface area contributed by atoms with Crippen LogP contribution in [0.2, 0.25) is 0 Å². The number of hydrogen-bond acceptors (Lipinski definition) is 3. The van der Waals surface area contributed by atoms with Gasteiger partial charge in [-0.05, 0) is 17.9 Å². The van der Waals surface area contributed by atoms with Crippen molar-refractivity contribution < 1.29 is 5.11 Å². The lowest BCUT2D eigenvalue weighted by Crippen LogP contribution is -1.94. The van der Waals surface area contributed by atoms with E-state index in [1.165, 1.54) is 6.33 Å². The summed E-state index contributed by atoms with van der Waals surface area (Å²) in [6.45, 7) is 2.08. The standard InChI is InChI=1S/C8H10N2O/c1-5-2-7(11)8-6(5)3-9-4-10-8/h3-5,7,11H,2H2,1H3/t5-,7?/m1/s1. The van der Waals surface area contributed by atoms with Crippen molar-refractivity contribution in [2.24, 2.45) is 0 Å². The molecule has 2 rings (SSSR count). The summed E-state index contributed by atoms with van der Waals surface area (Å²) in [5.74, 6) is 0.404. The average molecular weight is 150 g/mol. The predicted octanol–water partition coefficient (Wildman–Crippen LogP) is 1.02. The van der Waals surface area contributed by atoms with Crippen LogP contribution in [0.25, 0.3) is 0 Å². The Labute approximate surface area is 65.1 Å². The molecule has 0 saturated heterocycles. The number of aliphatic hydroxyl groups excluding tert-OH is 1. The number of aromatic nitrogens is 2. The van der Waals surface area contributed by atoms with E-state index in [1.54, 1.807) is 6.20 Å². The molecule has 0 spiro atoms. The normalized spacial score (nSPS) is 28.5. The Morgan fingerprint density at radius 1 is 1.64 bits per heavy atom. The summed E-state index contributed by atoms with van der Waals surface area (Å²) in [7, 11) is 0. The Morgan fingerprint density at radius 2 is 2.45 bits per heavy atom. The monoisotopic (exact) mass is 150 g/mol. The van der Waals surface area contributed by atoms with Crippen LogP contribution >= 0.6 is 0 Å². The number of hydrogen-bond donors (Lipinski definition) is 1. The van der Waals surface area contributed by atoms with Gasteiger partial charge in [0.25, 0.3) is 0 Å². The first-order chi connectivity index (χ1) is 5.29. The Balaban J connectivity index is 2.52. The van der Waals surface area contributed by atoms with Gasteiger partial charge in [-0.3, -0.25) is 0 Å². The van der Waals surface area contributed by atoms with Crippen LogP contribution in [0.4, 0.5) is 0 Å². The minimum Gasteiger partial charge on any atom is -0.387 e. The van der Waals surface area contributed by atoms with Crippen molar-refractivity contribution in [1.29, 1.82) is 0 Å². The summed E-state index contributed by atoms with van der Waals surface area (Å²) in [6, 6.07) is 0. The van der Waals surface area contributed by atoms with Gasteiger partial charge in [-0.25, -0.2) is 9.97 Å². The summed E-state index contributed by atoms with van der Waals surface area (Å²) < 4.78 is 0. The third-order valence-corrected chi connectivity index (χ3v) is 2.20. The second kappa shape index (κ2) is 2.27. The van der Waals surface area contributed by atoms with Crippen molar-refractivity contribution in [3.8, 4) is 0 Å². The molecule has 1 aromatic rings. The van der Waals surface area contributed by atoms with Crippen molar-refractivity contribution in [3.63, 3.8) is 0 Å². The van der Waals surface area contributed by atoms with Gasteiger partial charge in [0.05, 0.1) is 11.8 Å². The summed E-state index contributed by atoms with van der Waals surface area (Å²) in [4.78, 5) is 7.95. The lowest BCUT2D eigenvalue weighted by Gasteiger charge is -1.99. The molecule has 0 radical (unpaired) electrons. The van der Waals surface area contributed by atoms with Crippen molar-refractivity contribution in [1.82, 2.24) is 9.97 Å². The lowest BCUT2D eigenvalue weighted by molar-refractivity contribution is 0.170. The van der Waals surface area contributed by atoms with Crippen LogP contribution in [0, 0.1) is 0 Å². The largest absolute Gasteiger partial charge is 0.387 e. The van der Waals surface area contributed by atoms with E-state index in [-0.39, 0.29) is 6.10 Å². The van der Waals surface area contributed by atoms with Crippen molar-refractivity contribution in [3.05, 3.63) is 23.8 Å². The molecule has 0 bridgehead atoms. The zero-order valence-electron chi connectivity index (χ0n) is 6.36. The van der Waals surface area contributed by atoms with E-state index in [9.17, 15) is 5.11 Å². The molecule has 1 N–H and O–H groups in total. The third-order valence-electron chi connectivity index (χ3n) is 2.20. The van der Waals surface area contributed by atoms with Gasteiger partial charge >= 0.3 is 0 Å². The Morgan fingerprint density at radius 3 is 3.18 bits per heavy atom. The maximum absolute atomic E-state index is 9.46. The first-order valence-corrected chi connectivity index (χ1v) is 3.77. The maximum atomic E-state index is 9.46. The molecule has 0 saturated carbocycles. The highest BCUT2D eigenvalue weighted by Gasteiger charge is 2.27. The van der Waals surface area contributed by atoms with Gasteiger partial charge in [0.15, 0.2) is 0 Å². The van der Waals surface area contributed by atoms with Crippen LogP contribution in [0.15, 0.2) is 12.5 Å². The van der Waals surface area contributed by atoms with Gasteiger partial charge < -0.3 is 5.11 Å². The van der Waals surface area contributed by atoms with Crippen LogP contribution < -0.4 is 0 Å². The second-order valence-corrected chi connectivity index (χ2v) is 3.02. The summed E-state index contributed by atoms with van der Waals surface area (Å²) in [5.41, 5.74) is 1.91. The van der Waals surface area contributed by atoms with E-state index in [2.05, 4.69) is 16.9 Å². The molecule has 2 atom stereocenters. The minimum atomic E-state index is -0.372. The van der Waals surface area contributed by atoms with Crippen LogP contribution in [0.1, 0.15) is 36.6 Å². The predicted molar refractivity (Wildman–Crippen MR) is 40.0 cm³/mol. The molecule has 1 heterocycles. The number of nitrogens with zero attached hydrogens (tertiary/aromatic N) is 2. The maximum Gasteiger partial charge on any atom is 0.115 e. The number of aliphatic hydroxyl groups is 1. The molecule has 3 nitrogen and oxygen atoms in total. The van der Waals surface area contributed by atoms with Gasteiger partial charge in [-0.15, -0.1) is 0 Å². The van der Waals surface area contributed by atoms with E-state index in [0.717, 1.165) is 17.7 Å². The fourth-order valence-corrected chi connectivity index (χ4v) is 1.58. The van der Waals surface area contributed by atoms with Crippen molar-refractivity contribution in [2.45, 2.75) is 25.4 Å². The highest BCUT2D eigenvalue weighted by Crippen LogP contribution is 2.37. The van der Waals surface area contributed by atoms with Gasteiger partial charge in [0, 0.05) is 6.20 Å². The summed E-state index contributed by atoms with van der Waals surface area (Å²) >= 11 is 0. The molecule has 0 amide bonds. The molecule has 11 heavy (non-hydrogen) atoms. The van der Waals surface area contributed by atoms with Crippen molar-refractivity contribution >= 4 is 0 Å². The SMILES string of the molecule is C[C@@H]1CC(O)c2ncncc21. The Kier molecular flexibility index (Phi) is 1.39. The van der Waals surface area contributed by atoms with Gasteiger partial charge in [0.1, 0.15) is 6.33 Å². The minimum absolute atomic E-state index is 0.372. The van der Waals surface area contributed by atoms with E-state index in [4.69, 9.17) is 0 Å². The van der Waals surface area contributed by atoms with E-state index < -0.39 is 0 Å². The topological polar surface area (TPSA) is 46.0 Å². The van der Waals surface area contributed by atoms with Crippen molar-refractivity contribution in [2.75, 3.05) is 0 Å². The van der Waals surface area contributed by atoms with E-state index in [1.807, 2.05) is 0 Å². The smallest absolute Gasteiger partial charge is 0.115 e. The second-order valence-electron chi connectivity index (χ2n) is 3.02. The number of fused-ring (bicyclic) bond motifs is 1. The molecule has 0 fully saturated rings.